The molecule has 2 rings (SSSR count). The smallest absolute Gasteiger partial charge is 0.255 e. The molecule has 1 fully saturated rings. The quantitative estimate of drug-likeness (QED) is 0.506. The molecular weight excluding hydrogens is 282 g/mol. The Balaban J connectivity index is 1.94. The monoisotopic (exact) mass is 289 g/mol. The minimum Gasteiger partial charge on any atom is -0.360 e. The molecule has 2 N–H and O–H groups in total. The van der Waals surface area contributed by atoms with E-state index < -0.39 is 4.92 Å². The summed E-state index contributed by atoms with van der Waals surface area (Å²) in [6.45, 7) is 0. The molecule has 1 aromatic rings. The summed E-state index contributed by atoms with van der Waals surface area (Å²) in [4.78, 5) is 9.84. The van der Waals surface area contributed by atoms with Gasteiger partial charge in [-0.2, -0.15) is 0 Å². The Morgan fingerprint density at radius 2 is 2.18 bits per heavy atom. The van der Waals surface area contributed by atoms with E-state index in [1.54, 1.807) is 12.1 Å². The average Bonchev–Trinajstić information content (AvgIpc) is 2.68. The van der Waals surface area contributed by atoms with Crippen LogP contribution in [0.1, 0.15) is 0 Å². The second kappa shape index (κ2) is 5.63. The number of hydrogen-bond acceptors (Lipinski definition) is 6. The molecule has 0 spiro atoms. The minimum absolute atomic E-state index is 0.0904. The second-order valence-electron chi connectivity index (χ2n) is 3.10. The van der Waals surface area contributed by atoms with Gasteiger partial charge in [0.25, 0.3) is 6.20 Å². The van der Waals surface area contributed by atoms with Gasteiger partial charge in [-0.25, -0.2) is 4.72 Å². The number of nitro groups is 1. The van der Waals surface area contributed by atoms with E-state index in [1.807, 2.05) is 12.1 Å². The van der Waals surface area contributed by atoms with Crippen molar-refractivity contribution in [3.05, 3.63) is 49.8 Å². The number of anilines is 1. The van der Waals surface area contributed by atoms with Gasteiger partial charge in [0.2, 0.25) is 0 Å². The third-order valence-electron chi connectivity index (χ3n) is 1.85. The molecule has 0 bridgehead atoms. The van der Waals surface area contributed by atoms with Gasteiger partial charge in [0.05, 0.1) is 4.92 Å². The van der Waals surface area contributed by atoms with Crippen molar-refractivity contribution < 1.29 is 4.92 Å². The zero-order valence-corrected chi connectivity index (χ0v) is 10.8. The number of thioether (sulfide) groups is 1. The Labute approximate surface area is 111 Å². The fourth-order valence-corrected chi connectivity index (χ4v) is 3.26. The van der Waals surface area contributed by atoms with Crippen LogP contribution in [0.3, 0.4) is 0 Å². The lowest BCUT2D eigenvalue weighted by Crippen LogP contribution is -2.23. The second-order valence-corrected chi connectivity index (χ2v) is 5.82. The summed E-state index contributed by atoms with van der Waals surface area (Å²) >= 11 is 8.38. The van der Waals surface area contributed by atoms with Gasteiger partial charge < -0.3 is 5.32 Å². The van der Waals surface area contributed by atoms with E-state index in [0.717, 1.165) is 11.9 Å². The van der Waals surface area contributed by atoms with Crippen molar-refractivity contribution in [2.75, 3.05) is 5.32 Å². The molecular formula is C9H8ClN3O2S2. The molecule has 1 saturated heterocycles. The number of halogens is 1. The van der Waals surface area contributed by atoms with E-state index in [1.165, 1.54) is 23.7 Å². The molecule has 1 aliphatic rings. The fraction of sp³-hybridized carbons (Fsp3) is 0.111. The van der Waals surface area contributed by atoms with Gasteiger partial charge in [0, 0.05) is 10.7 Å². The zero-order valence-electron chi connectivity index (χ0n) is 8.42. The first-order chi connectivity index (χ1) is 8.13. The third kappa shape index (κ3) is 3.81. The van der Waals surface area contributed by atoms with E-state index in [4.69, 9.17) is 11.6 Å². The van der Waals surface area contributed by atoms with Gasteiger partial charge in [0.15, 0.2) is 0 Å². The van der Waals surface area contributed by atoms with E-state index in [9.17, 15) is 10.1 Å². The Morgan fingerprint density at radius 1 is 1.47 bits per heavy atom. The molecule has 1 atom stereocenters. The summed E-state index contributed by atoms with van der Waals surface area (Å²) in [7, 11) is 0. The molecule has 17 heavy (non-hydrogen) atoms. The summed E-state index contributed by atoms with van der Waals surface area (Å²) in [5, 5.41) is 14.1. The van der Waals surface area contributed by atoms with E-state index in [0.29, 0.717) is 9.26 Å². The van der Waals surface area contributed by atoms with Crippen molar-refractivity contribution in [2.45, 2.75) is 5.50 Å². The number of benzene rings is 1. The third-order valence-corrected chi connectivity index (χ3v) is 4.26. The lowest BCUT2D eigenvalue weighted by atomic mass is 10.3. The number of nitrogens with one attached hydrogen (secondary N) is 2. The molecule has 0 saturated carbocycles. The number of rotatable bonds is 3. The summed E-state index contributed by atoms with van der Waals surface area (Å²) in [6.07, 6.45) is 0.992. The van der Waals surface area contributed by atoms with Gasteiger partial charge in [-0.05, 0) is 36.2 Å². The highest BCUT2D eigenvalue weighted by Crippen LogP contribution is 2.37. The Bertz CT molecular complexity index is 452. The van der Waals surface area contributed by atoms with Gasteiger partial charge in [0.1, 0.15) is 9.73 Å². The van der Waals surface area contributed by atoms with Crippen LogP contribution in [0.4, 0.5) is 5.69 Å². The highest BCUT2D eigenvalue weighted by atomic mass is 35.5. The predicted molar refractivity (Wildman–Crippen MR) is 72.3 cm³/mol. The summed E-state index contributed by atoms with van der Waals surface area (Å²) < 4.78 is 3.66. The highest BCUT2D eigenvalue weighted by molar-refractivity contribution is 8.24. The Hall–Kier alpha value is -0.890. The normalized spacial score (nSPS) is 21.7. The topological polar surface area (TPSA) is 67.2 Å². The first kappa shape index (κ1) is 12.6. The Morgan fingerprint density at radius 3 is 2.82 bits per heavy atom. The SMILES string of the molecule is O=[N+]([O-])/C=C1/SNC(Nc2ccc(Cl)cc2)S1. The first-order valence-electron chi connectivity index (χ1n) is 4.60. The molecule has 1 aliphatic heterocycles. The van der Waals surface area contributed by atoms with Crippen molar-refractivity contribution in [3.8, 4) is 0 Å². The standard InChI is InChI=1S/C9H8ClN3O2S2/c10-6-1-3-7(4-2-6)11-9-12-17-8(16-9)5-13(14)15/h1-5,9,11-12H/b8-5+. The highest BCUT2D eigenvalue weighted by Gasteiger charge is 2.22. The number of nitrogens with zero attached hydrogens (tertiary/aromatic N) is 1. The van der Waals surface area contributed by atoms with Crippen LogP contribution in [0.25, 0.3) is 0 Å². The van der Waals surface area contributed by atoms with Gasteiger partial charge >= 0.3 is 0 Å². The van der Waals surface area contributed by atoms with Crippen molar-refractivity contribution in [1.29, 1.82) is 0 Å². The van der Waals surface area contributed by atoms with E-state index in [-0.39, 0.29) is 5.50 Å². The molecule has 0 radical (unpaired) electrons. The van der Waals surface area contributed by atoms with Crippen molar-refractivity contribution in [3.63, 3.8) is 0 Å². The minimum atomic E-state index is -0.457. The van der Waals surface area contributed by atoms with Crippen molar-refractivity contribution in [2.24, 2.45) is 0 Å². The van der Waals surface area contributed by atoms with Gasteiger partial charge in [-0.3, -0.25) is 10.1 Å². The predicted octanol–water partition coefficient (Wildman–Crippen LogP) is 3.10. The lowest BCUT2D eigenvalue weighted by molar-refractivity contribution is -0.402. The molecule has 0 aliphatic carbocycles. The van der Waals surface area contributed by atoms with Crippen molar-refractivity contribution >= 4 is 41.0 Å². The van der Waals surface area contributed by atoms with Gasteiger partial charge in [-0.15, -0.1) is 0 Å². The zero-order chi connectivity index (χ0) is 12.3. The molecule has 1 aromatic carbocycles. The van der Waals surface area contributed by atoms with Crippen LogP contribution in [0.2, 0.25) is 5.02 Å². The maximum absolute atomic E-state index is 10.3. The average molecular weight is 290 g/mol. The van der Waals surface area contributed by atoms with Crippen LogP contribution in [0.15, 0.2) is 34.7 Å². The summed E-state index contributed by atoms with van der Waals surface area (Å²) in [5.41, 5.74) is 0.815. The van der Waals surface area contributed by atoms with Crippen LogP contribution >= 0.6 is 35.3 Å². The van der Waals surface area contributed by atoms with Crippen LogP contribution in [-0.2, 0) is 0 Å². The summed E-state index contributed by atoms with van der Waals surface area (Å²) in [5.74, 6) is 0. The summed E-state index contributed by atoms with van der Waals surface area (Å²) in [6, 6.07) is 7.27. The van der Waals surface area contributed by atoms with Crippen molar-refractivity contribution in [1.82, 2.24) is 4.72 Å². The van der Waals surface area contributed by atoms with Crippen LogP contribution in [-0.4, -0.2) is 10.4 Å². The lowest BCUT2D eigenvalue weighted by Gasteiger charge is -2.11. The maximum atomic E-state index is 10.3. The molecule has 1 unspecified atom stereocenters. The number of hydrogen-bond donors (Lipinski definition) is 2. The maximum Gasteiger partial charge on any atom is 0.255 e. The molecule has 0 aromatic heterocycles. The van der Waals surface area contributed by atoms with E-state index >= 15 is 0 Å². The fourth-order valence-electron chi connectivity index (χ4n) is 1.18. The molecule has 1 heterocycles. The van der Waals surface area contributed by atoms with Crippen LogP contribution in [0.5, 0.6) is 0 Å². The molecule has 0 amide bonds. The largest absolute Gasteiger partial charge is 0.360 e. The van der Waals surface area contributed by atoms with Crippen LogP contribution < -0.4 is 10.0 Å². The Kier molecular flexibility index (Phi) is 4.16. The first-order valence-corrected chi connectivity index (χ1v) is 6.67. The molecule has 90 valence electrons. The molecule has 5 nitrogen and oxygen atoms in total. The van der Waals surface area contributed by atoms with E-state index in [2.05, 4.69) is 10.0 Å². The van der Waals surface area contributed by atoms with Gasteiger partial charge in [-0.1, -0.05) is 23.4 Å². The molecule has 8 heteroatoms. The van der Waals surface area contributed by atoms with Crippen LogP contribution in [0, 0.1) is 10.1 Å².